The van der Waals surface area contributed by atoms with Crippen molar-refractivity contribution in [2.75, 3.05) is 0 Å². The normalized spacial score (nSPS) is 19.5. The highest BCUT2D eigenvalue weighted by molar-refractivity contribution is 5.31. The highest BCUT2D eigenvalue weighted by atomic mass is 16.1. The van der Waals surface area contributed by atoms with Gasteiger partial charge in [-0.15, -0.1) is 0 Å². The van der Waals surface area contributed by atoms with Gasteiger partial charge in [-0.3, -0.25) is 4.79 Å². The highest BCUT2D eigenvalue weighted by Gasteiger charge is 2.24. The van der Waals surface area contributed by atoms with Crippen LogP contribution in [-0.4, -0.2) is 10.6 Å². The average Bonchev–Trinajstić information content (AvgIpc) is 3.13. The molecule has 0 saturated heterocycles. The number of nitrogens with zero attached hydrogens (tertiary/aromatic N) is 1. The lowest BCUT2D eigenvalue weighted by molar-refractivity contribution is 0.491. The Morgan fingerprint density at radius 2 is 2.21 bits per heavy atom. The monoisotopic (exact) mass is 260 g/mol. The Morgan fingerprint density at radius 1 is 1.42 bits per heavy atom. The van der Waals surface area contributed by atoms with E-state index in [1.807, 2.05) is 0 Å². The van der Waals surface area contributed by atoms with Gasteiger partial charge in [-0.05, 0) is 57.1 Å². The molecule has 1 unspecified atom stereocenters. The van der Waals surface area contributed by atoms with E-state index in [2.05, 4.69) is 29.8 Å². The zero-order valence-corrected chi connectivity index (χ0v) is 12.0. The van der Waals surface area contributed by atoms with Crippen molar-refractivity contribution < 1.29 is 0 Å². The molecule has 1 heterocycles. The third kappa shape index (κ3) is 2.48. The molecule has 104 valence electrons. The number of hydrogen-bond acceptors (Lipinski definition) is 2. The molecule has 1 N–H and O–H groups in total. The van der Waals surface area contributed by atoms with Crippen LogP contribution in [0, 0.1) is 0 Å². The van der Waals surface area contributed by atoms with Gasteiger partial charge >= 0.3 is 0 Å². The number of hydrogen-bond donors (Lipinski definition) is 1. The average molecular weight is 260 g/mol. The number of fused-ring (bicyclic) bond motifs is 1. The predicted octanol–water partition coefficient (Wildman–Crippen LogP) is 2.56. The summed E-state index contributed by atoms with van der Waals surface area (Å²) in [6.45, 7) is 5.07. The fourth-order valence-corrected chi connectivity index (χ4v) is 3.05. The molecule has 0 bridgehead atoms. The summed E-state index contributed by atoms with van der Waals surface area (Å²) in [6.07, 6.45) is 6.97. The van der Waals surface area contributed by atoms with Crippen LogP contribution in [0.25, 0.3) is 0 Å². The van der Waals surface area contributed by atoms with E-state index in [0.29, 0.717) is 12.1 Å². The Balaban J connectivity index is 1.97. The Morgan fingerprint density at radius 3 is 2.89 bits per heavy atom. The van der Waals surface area contributed by atoms with Crippen molar-refractivity contribution in [1.29, 1.82) is 0 Å². The molecule has 0 radical (unpaired) electrons. The summed E-state index contributed by atoms with van der Waals surface area (Å²) in [7, 11) is 0. The smallest absolute Gasteiger partial charge is 0.255 e. The summed E-state index contributed by atoms with van der Waals surface area (Å²) in [4.78, 5) is 12.7. The number of aryl methyl sites for hydroxylation is 1. The molecule has 0 amide bonds. The van der Waals surface area contributed by atoms with Crippen LogP contribution in [0.15, 0.2) is 10.9 Å². The molecule has 1 fully saturated rings. The fourth-order valence-electron chi connectivity index (χ4n) is 3.05. The second-order valence-electron chi connectivity index (χ2n) is 6.08. The minimum atomic E-state index is 0.239. The van der Waals surface area contributed by atoms with Gasteiger partial charge < -0.3 is 9.88 Å². The zero-order chi connectivity index (χ0) is 13.4. The van der Waals surface area contributed by atoms with E-state index in [9.17, 15) is 4.79 Å². The maximum atomic E-state index is 12.7. The first-order valence-corrected chi connectivity index (χ1v) is 7.70. The van der Waals surface area contributed by atoms with E-state index in [0.717, 1.165) is 31.4 Å². The molecule has 1 atom stereocenters. The lowest BCUT2D eigenvalue weighted by Crippen LogP contribution is -2.32. The molecule has 1 aromatic heterocycles. The largest absolute Gasteiger partial charge is 0.310 e. The maximum absolute atomic E-state index is 12.7. The van der Waals surface area contributed by atoms with E-state index in [-0.39, 0.29) is 5.56 Å². The van der Waals surface area contributed by atoms with Gasteiger partial charge in [0.2, 0.25) is 0 Å². The molecular formula is C16H24N2O. The molecule has 0 spiro atoms. The second-order valence-corrected chi connectivity index (χ2v) is 6.08. The summed E-state index contributed by atoms with van der Waals surface area (Å²) < 4.78 is 2.08. The van der Waals surface area contributed by atoms with Crippen molar-refractivity contribution in [3.05, 3.63) is 33.2 Å². The van der Waals surface area contributed by atoms with Crippen molar-refractivity contribution in [3.8, 4) is 0 Å². The summed E-state index contributed by atoms with van der Waals surface area (Å²) in [5.41, 5.74) is 3.91. The summed E-state index contributed by atoms with van der Waals surface area (Å²) in [6, 6.07) is 3.14. The Kier molecular flexibility index (Phi) is 3.48. The van der Waals surface area contributed by atoms with Crippen LogP contribution in [0.4, 0.5) is 0 Å². The molecule has 3 heteroatoms. The van der Waals surface area contributed by atoms with Gasteiger partial charge in [0.05, 0.1) is 0 Å². The van der Waals surface area contributed by atoms with E-state index in [1.165, 1.54) is 30.5 Å². The first-order chi connectivity index (χ1) is 9.20. The summed E-state index contributed by atoms with van der Waals surface area (Å²) in [5.74, 6) is 0. The molecule has 2 aliphatic rings. The van der Waals surface area contributed by atoms with Gasteiger partial charge in [0, 0.05) is 29.9 Å². The number of nitrogens with one attached hydrogen (secondary N) is 1. The van der Waals surface area contributed by atoms with Crippen LogP contribution in [0.5, 0.6) is 0 Å². The number of rotatable bonds is 5. The van der Waals surface area contributed by atoms with E-state index < -0.39 is 0 Å². The van der Waals surface area contributed by atoms with Crippen LogP contribution in [-0.2, 0) is 19.4 Å². The third-order valence-electron chi connectivity index (χ3n) is 4.55. The molecule has 19 heavy (non-hydrogen) atoms. The molecule has 1 aromatic rings. The van der Waals surface area contributed by atoms with E-state index in [1.54, 1.807) is 0 Å². The second kappa shape index (κ2) is 5.12. The van der Waals surface area contributed by atoms with Gasteiger partial charge in [0.1, 0.15) is 0 Å². The Bertz CT molecular complexity index is 528. The minimum absolute atomic E-state index is 0.239. The maximum Gasteiger partial charge on any atom is 0.255 e. The fraction of sp³-hybridized carbons (Fsp3) is 0.688. The van der Waals surface area contributed by atoms with Crippen molar-refractivity contribution in [1.82, 2.24) is 9.88 Å². The Labute approximate surface area is 115 Å². The SMILES string of the molecule is CCC(C)n1c2c(cc(CNC3CC3)c1=O)CCC2. The first-order valence-electron chi connectivity index (χ1n) is 7.70. The number of aromatic nitrogens is 1. The van der Waals surface area contributed by atoms with E-state index in [4.69, 9.17) is 0 Å². The first kappa shape index (κ1) is 12.9. The molecule has 1 saturated carbocycles. The molecule has 2 aliphatic carbocycles. The summed E-state index contributed by atoms with van der Waals surface area (Å²) in [5, 5.41) is 3.48. The van der Waals surface area contributed by atoms with Crippen molar-refractivity contribution in [3.63, 3.8) is 0 Å². The third-order valence-corrected chi connectivity index (χ3v) is 4.55. The van der Waals surface area contributed by atoms with Gasteiger partial charge in [0.15, 0.2) is 0 Å². The van der Waals surface area contributed by atoms with Crippen LogP contribution in [0.2, 0.25) is 0 Å². The lowest BCUT2D eigenvalue weighted by Gasteiger charge is -2.20. The van der Waals surface area contributed by atoms with Gasteiger partial charge in [0.25, 0.3) is 5.56 Å². The van der Waals surface area contributed by atoms with Gasteiger partial charge in [-0.25, -0.2) is 0 Å². The van der Waals surface area contributed by atoms with Crippen molar-refractivity contribution in [2.24, 2.45) is 0 Å². The van der Waals surface area contributed by atoms with Crippen LogP contribution < -0.4 is 10.9 Å². The van der Waals surface area contributed by atoms with Gasteiger partial charge in [-0.2, -0.15) is 0 Å². The topological polar surface area (TPSA) is 34.0 Å². The number of pyridine rings is 1. The zero-order valence-electron chi connectivity index (χ0n) is 12.0. The van der Waals surface area contributed by atoms with Crippen LogP contribution in [0.1, 0.15) is 62.4 Å². The lowest BCUT2D eigenvalue weighted by atomic mass is 10.1. The molecular weight excluding hydrogens is 236 g/mol. The summed E-state index contributed by atoms with van der Waals surface area (Å²) >= 11 is 0. The van der Waals surface area contributed by atoms with Crippen LogP contribution >= 0.6 is 0 Å². The molecule has 3 rings (SSSR count). The van der Waals surface area contributed by atoms with Crippen LogP contribution in [0.3, 0.4) is 0 Å². The quantitative estimate of drug-likeness (QED) is 0.883. The van der Waals surface area contributed by atoms with Gasteiger partial charge in [-0.1, -0.05) is 6.92 Å². The molecule has 0 aromatic carbocycles. The minimum Gasteiger partial charge on any atom is -0.310 e. The Hall–Kier alpha value is -1.09. The van der Waals surface area contributed by atoms with Crippen molar-refractivity contribution in [2.45, 2.75) is 71.0 Å². The van der Waals surface area contributed by atoms with Crippen molar-refractivity contribution >= 4 is 0 Å². The molecule has 0 aliphatic heterocycles. The standard InChI is InChI=1S/C16H24N2O/c1-3-11(2)18-15-6-4-5-12(15)9-13(16(18)19)10-17-14-7-8-14/h9,11,14,17H,3-8,10H2,1-2H3. The highest BCUT2D eigenvalue weighted by Crippen LogP contribution is 2.25. The van der Waals surface area contributed by atoms with E-state index >= 15 is 0 Å². The molecule has 3 nitrogen and oxygen atoms in total. The predicted molar refractivity (Wildman–Crippen MR) is 77.6 cm³/mol.